The van der Waals surface area contributed by atoms with Crippen LogP contribution < -0.4 is 14.8 Å². The zero-order valence-electron chi connectivity index (χ0n) is 33.7. The van der Waals surface area contributed by atoms with Crippen molar-refractivity contribution in [2.24, 2.45) is 0 Å². The molecule has 6 heteroatoms. The number of amides is 1. The zero-order chi connectivity index (χ0) is 37.7. The maximum atomic E-state index is 12.8. The van der Waals surface area contributed by atoms with Crippen molar-refractivity contribution in [2.75, 3.05) is 19.8 Å². The van der Waals surface area contributed by atoms with Crippen LogP contribution in [0.15, 0.2) is 30.3 Å². The summed E-state index contributed by atoms with van der Waals surface area (Å²) in [4.78, 5) is 12.8. The standard InChI is InChI=1S/C45H73NO5/c1-9-11-13-15-17-19-23-29-50-39-33-36(34-40(43(39)49)51-30-24-20-18-16-14-12-10-2)26-27-41(47)46-28-22-21-25-35-31-37(44(3,4)5)42(48)38(32-35)45(6,7)8/h26-27,31-34,48-49H,9-25,28-30H2,1-8H3,(H,46,47). The number of nitrogens with one attached hydrogen (secondary N) is 1. The lowest BCUT2D eigenvalue weighted by Gasteiger charge is -2.28. The van der Waals surface area contributed by atoms with E-state index in [2.05, 4.69) is 72.8 Å². The number of ether oxygens (including phenoxy) is 2. The predicted molar refractivity (Wildman–Crippen MR) is 216 cm³/mol. The monoisotopic (exact) mass is 708 g/mol. The third-order valence-electron chi connectivity index (χ3n) is 9.48. The molecule has 0 radical (unpaired) electrons. The number of unbranched alkanes of at least 4 members (excludes halogenated alkanes) is 13. The van der Waals surface area contributed by atoms with Crippen LogP contribution in [0.3, 0.4) is 0 Å². The first kappa shape index (κ1) is 44.0. The van der Waals surface area contributed by atoms with E-state index >= 15 is 0 Å². The number of phenolic OH excluding ortho intramolecular Hbond substituents is 2. The molecule has 2 aromatic carbocycles. The van der Waals surface area contributed by atoms with Crippen molar-refractivity contribution in [3.8, 4) is 23.0 Å². The van der Waals surface area contributed by atoms with Gasteiger partial charge in [0, 0.05) is 12.6 Å². The Bertz CT molecular complexity index is 1240. The first-order chi connectivity index (χ1) is 24.3. The van der Waals surface area contributed by atoms with E-state index in [1.165, 1.54) is 75.8 Å². The van der Waals surface area contributed by atoms with Crippen molar-refractivity contribution < 1.29 is 24.5 Å². The molecule has 288 valence electrons. The van der Waals surface area contributed by atoms with Crippen LogP contribution in [-0.2, 0) is 22.0 Å². The van der Waals surface area contributed by atoms with E-state index in [0.29, 0.717) is 37.0 Å². The minimum absolute atomic E-state index is 0.0281. The van der Waals surface area contributed by atoms with Crippen LogP contribution >= 0.6 is 0 Å². The van der Waals surface area contributed by atoms with Gasteiger partial charge in [0.15, 0.2) is 11.5 Å². The molecule has 0 heterocycles. The molecule has 0 bridgehead atoms. The Balaban J connectivity index is 1.96. The Morgan fingerprint density at radius 3 is 1.53 bits per heavy atom. The van der Waals surface area contributed by atoms with Gasteiger partial charge >= 0.3 is 0 Å². The second kappa shape index (κ2) is 23.4. The summed E-state index contributed by atoms with van der Waals surface area (Å²) < 4.78 is 12.1. The molecule has 0 aliphatic carbocycles. The van der Waals surface area contributed by atoms with Crippen molar-refractivity contribution in [1.29, 1.82) is 0 Å². The van der Waals surface area contributed by atoms with Gasteiger partial charge in [-0.25, -0.2) is 0 Å². The molecule has 0 aliphatic heterocycles. The Kier molecular flexibility index (Phi) is 20.2. The van der Waals surface area contributed by atoms with Crippen molar-refractivity contribution in [1.82, 2.24) is 5.32 Å². The molecule has 0 atom stereocenters. The molecule has 0 unspecified atom stereocenters. The van der Waals surface area contributed by atoms with Crippen molar-refractivity contribution in [3.05, 3.63) is 52.6 Å². The molecule has 3 N–H and O–H groups in total. The minimum Gasteiger partial charge on any atom is -0.507 e. The molecule has 6 nitrogen and oxygen atoms in total. The van der Waals surface area contributed by atoms with Gasteiger partial charge in [-0.1, -0.05) is 145 Å². The fourth-order valence-electron chi connectivity index (χ4n) is 6.28. The molecule has 0 spiro atoms. The summed E-state index contributed by atoms with van der Waals surface area (Å²) in [7, 11) is 0. The van der Waals surface area contributed by atoms with E-state index in [-0.39, 0.29) is 22.5 Å². The van der Waals surface area contributed by atoms with E-state index in [4.69, 9.17) is 9.47 Å². The molecule has 2 aromatic rings. The summed E-state index contributed by atoms with van der Waals surface area (Å²) in [5, 5.41) is 25.0. The molecule has 51 heavy (non-hydrogen) atoms. The quantitative estimate of drug-likeness (QED) is 0.0706. The minimum atomic E-state index is -0.158. The van der Waals surface area contributed by atoms with E-state index in [9.17, 15) is 15.0 Å². The zero-order valence-corrected chi connectivity index (χ0v) is 33.7. The lowest BCUT2D eigenvalue weighted by molar-refractivity contribution is -0.116. The highest BCUT2D eigenvalue weighted by atomic mass is 16.5. The van der Waals surface area contributed by atoms with Crippen LogP contribution in [-0.4, -0.2) is 35.9 Å². The average Bonchev–Trinajstić information content (AvgIpc) is 3.07. The number of aryl methyl sites for hydroxylation is 1. The van der Waals surface area contributed by atoms with E-state index in [1.807, 2.05) is 0 Å². The van der Waals surface area contributed by atoms with Gasteiger partial charge in [0.25, 0.3) is 0 Å². The van der Waals surface area contributed by atoms with Crippen LogP contribution in [0.5, 0.6) is 23.0 Å². The maximum absolute atomic E-state index is 12.8. The van der Waals surface area contributed by atoms with Crippen LogP contribution in [0, 0.1) is 0 Å². The number of carbonyl (C=O) groups excluding carboxylic acids is 1. The Hall–Kier alpha value is -3.15. The molecule has 2 rings (SSSR count). The summed E-state index contributed by atoms with van der Waals surface area (Å²) in [6.45, 7) is 18.9. The summed E-state index contributed by atoms with van der Waals surface area (Å²) in [5.74, 6) is 1.08. The lowest BCUT2D eigenvalue weighted by atomic mass is 9.78. The Labute approximate surface area is 311 Å². The van der Waals surface area contributed by atoms with Gasteiger partial charge < -0.3 is 25.0 Å². The Morgan fingerprint density at radius 2 is 1.08 bits per heavy atom. The number of carbonyl (C=O) groups is 1. The van der Waals surface area contributed by atoms with E-state index < -0.39 is 0 Å². The smallest absolute Gasteiger partial charge is 0.243 e. The van der Waals surface area contributed by atoms with Crippen LogP contribution in [0.25, 0.3) is 6.08 Å². The molecule has 0 aliphatic rings. The van der Waals surface area contributed by atoms with Gasteiger partial charge in [0.1, 0.15) is 5.75 Å². The van der Waals surface area contributed by atoms with Gasteiger partial charge in [-0.05, 0) is 83.4 Å². The normalized spacial score (nSPS) is 12.1. The van der Waals surface area contributed by atoms with Gasteiger partial charge in [0.2, 0.25) is 11.7 Å². The first-order valence-corrected chi connectivity index (χ1v) is 20.2. The van der Waals surface area contributed by atoms with Crippen molar-refractivity contribution in [3.63, 3.8) is 0 Å². The lowest BCUT2D eigenvalue weighted by Crippen LogP contribution is -2.22. The highest BCUT2D eigenvalue weighted by Gasteiger charge is 2.26. The fourth-order valence-corrected chi connectivity index (χ4v) is 6.28. The number of rotatable bonds is 25. The van der Waals surface area contributed by atoms with Gasteiger partial charge in [-0.15, -0.1) is 0 Å². The number of phenols is 2. The SMILES string of the molecule is CCCCCCCCCOc1cc(C=CC(=O)NCCCCc2cc(C(C)(C)C)c(O)c(C(C)(C)C)c2)cc(OCCCCCCCCC)c1O. The third-order valence-corrected chi connectivity index (χ3v) is 9.48. The molecule has 1 amide bonds. The van der Waals surface area contributed by atoms with Crippen molar-refractivity contribution >= 4 is 12.0 Å². The number of hydrogen-bond donors (Lipinski definition) is 3. The predicted octanol–water partition coefficient (Wildman–Crippen LogP) is 12.1. The van der Waals surface area contributed by atoms with E-state index in [0.717, 1.165) is 61.6 Å². The number of benzene rings is 2. The topological polar surface area (TPSA) is 88.0 Å². The number of hydrogen-bond acceptors (Lipinski definition) is 5. The molecule has 0 saturated heterocycles. The molecule has 0 aromatic heterocycles. The Morgan fingerprint density at radius 1 is 0.627 bits per heavy atom. The van der Waals surface area contributed by atoms with Crippen molar-refractivity contribution in [2.45, 2.75) is 175 Å². The van der Waals surface area contributed by atoms with Gasteiger partial charge in [-0.2, -0.15) is 0 Å². The van der Waals surface area contributed by atoms with Gasteiger partial charge in [0.05, 0.1) is 13.2 Å². The third kappa shape index (κ3) is 17.3. The maximum Gasteiger partial charge on any atom is 0.243 e. The second-order valence-corrected chi connectivity index (χ2v) is 16.4. The molecule has 0 saturated carbocycles. The van der Waals surface area contributed by atoms with Crippen LogP contribution in [0.2, 0.25) is 0 Å². The first-order valence-electron chi connectivity index (χ1n) is 20.2. The summed E-state index contributed by atoms with van der Waals surface area (Å²) in [6, 6.07) is 7.86. The summed E-state index contributed by atoms with van der Waals surface area (Å²) >= 11 is 0. The molecular weight excluding hydrogens is 634 g/mol. The largest absolute Gasteiger partial charge is 0.507 e. The van der Waals surface area contributed by atoms with Crippen LogP contribution in [0.4, 0.5) is 0 Å². The summed E-state index contributed by atoms with van der Waals surface area (Å²) in [5.41, 5.74) is 3.63. The summed E-state index contributed by atoms with van der Waals surface area (Å²) in [6.07, 6.45) is 22.6. The molecule has 0 fully saturated rings. The highest BCUT2D eigenvalue weighted by molar-refractivity contribution is 5.91. The highest BCUT2D eigenvalue weighted by Crippen LogP contribution is 2.40. The fraction of sp³-hybridized carbons (Fsp3) is 0.667. The molecular formula is C45H73NO5. The van der Waals surface area contributed by atoms with E-state index in [1.54, 1.807) is 18.2 Å². The number of aromatic hydroxyl groups is 2. The van der Waals surface area contributed by atoms with Crippen LogP contribution in [0.1, 0.15) is 180 Å². The average molecular weight is 708 g/mol. The second-order valence-electron chi connectivity index (χ2n) is 16.4. The van der Waals surface area contributed by atoms with Gasteiger partial charge in [-0.3, -0.25) is 4.79 Å².